The number of alkyl halides is 3. The van der Waals surface area contributed by atoms with Crippen LogP contribution in [-0.4, -0.2) is 36.9 Å². The largest absolute Gasteiger partial charge is 0.390 e. The maximum absolute atomic E-state index is 12.3. The van der Waals surface area contributed by atoms with Gasteiger partial charge in [0.2, 0.25) is 0 Å². The fourth-order valence-electron chi connectivity index (χ4n) is 2.43. The second kappa shape index (κ2) is 7.72. The van der Waals surface area contributed by atoms with Crippen molar-refractivity contribution in [3.8, 4) is 6.07 Å². The molecule has 1 saturated carbocycles. The van der Waals surface area contributed by atoms with Crippen molar-refractivity contribution in [2.45, 2.75) is 69.9 Å². The van der Waals surface area contributed by atoms with Crippen molar-refractivity contribution in [2.75, 3.05) is 5.75 Å². The van der Waals surface area contributed by atoms with Crippen LogP contribution in [0.25, 0.3) is 0 Å². The summed E-state index contributed by atoms with van der Waals surface area (Å²) in [7, 11) is -4.11. The quantitative estimate of drug-likeness (QED) is 0.695. The highest BCUT2D eigenvalue weighted by molar-refractivity contribution is 7.92. The standard InChI is InChI=1S/C15H23F3N2O3S/c1-14(2,3)23-20-12-6-4-11(5-7-12)13(10-19)24(21,22)9-8-15(16,17)18/h11,13H,4-9H2,1-3H3. The first kappa shape index (κ1) is 20.7. The molecule has 9 heteroatoms. The van der Waals surface area contributed by atoms with Gasteiger partial charge in [-0.05, 0) is 52.4 Å². The molecule has 0 spiro atoms. The lowest BCUT2D eigenvalue weighted by Gasteiger charge is -2.27. The van der Waals surface area contributed by atoms with Crippen LogP contribution in [0.2, 0.25) is 0 Å². The van der Waals surface area contributed by atoms with Crippen molar-refractivity contribution in [1.82, 2.24) is 0 Å². The Morgan fingerprint density at radius 3 is 2.25 bits per heavy atom. The van der Waals surface area contributed by atoms with Crippen molar-refractivity contribution in [1.29, 1.82) is 5.26 Å². The average molecular weight is 368 g/mol. The van der Waals surface area contributed by atoms with Crippen molar-refractivity contribution in [3.63, 3.8) is 0 Å². The molecule has 1 fully saturated rings. The Morgan fingerprint density at radius 2 is 1.83 bits per heavy atom. The predicted octanol–water partition coefficient (Wildman–Crippen LogP) is 3.61. The first-order valence-corrected chi connectivity index (χ1v) is 9.47. The van der Waals surface area contributed by atoms with Gasteiger partial charge in [0.1, 0.15) is 5.60 Å². The van der Waals surface area contributed by atoms with Gasteiger partial charge in [0.05, 0.1) is 24.0 Å². The number of hydrogen-bond donors (Lipinski definition) is 0. The minimum absolute atomic E-state index is 0.399. The van der Waals surface area contributed by atoms with Crippen molar-refractivity contribution < 1.29 is 26.4 Å². The Kier molecular flexibility index (Phi) is 6.67. The molecular weight excluding hydrogens is 345 g/mol. The van der Waals surface area contributed by atoms with Crippen LogP contribution < -0.4 is 0 Å². The monoisotopic (exact) mass is 368 g/mol. The molecule has 5 nitrogen and oxygen atoms in total. The lowest BCUT2D eigenvalue weighted by Crippen LogP contribution is -2.34. The summed E-state index contributed by atoms with van der Waals surface area (Å²) in [5, 5.41) is 11.8. The smallest absolute Gasteiger partial charge is 0.390 e. The molecule has 138 valence electrons. The predicted molar refractivity (Wildman–Crippen MR) is 84.1 cm³/mol. The fourth-order valence-corrected chi connectivity index (χ4v) is 4.22. The van der Waals surface area contributed by atoms with Gasteiger partial charge in [0.25, 0.3) is 0 Å². The van der Waals surface area contributed by atoms with E-state index in [0.29, 0.717) is 25.7 Å². The maximum Gasteiger partial charge on any atom is 0.390 e. The zero-order chi connectivity index (χ0) is 18.6. The summed E-state index contributed by atoms with van der Waals surface area (Å²) >= 11 is 0. The Labute approximate surface area is 140 Å². The lowest BCUT2D eigenvalue weighted by molar-refractivity contribution is -0.129. The first-order chi connectivity index (χ1) is 10.8. The van der Waals surface area contributed by atoms with E-state index in [1.807, 2.05) is 20.8 Å². The molecule has 0 aromatic carbocycles. The third-order valence-electron chi connectivity index (χ3n) is 3.67. The van der Waals surface area contributed by atoms with Gasteiger partial charge in [0, 0.05) is 0 Å². The zero-order valence-electron chi connectivity index (χ0n) is 14.1. The SMILES string of the molecule is CC(C)(C)ON=C1CCC(C(C#N)S(=O)(=O)CCC(F)(F)F)CC1. The van der Waals surface area contributed by atoms with Crippen molar-refractivity contribution >= 4 is 15.5 Å². The van der Waals surface area contributed by atoms with Gasteiger partial charge in [-0.2, -0.15) is 18.4 Å². The lowest BCUT2D eigenvalue weighted by atomic mass is 9.86. The van der Waals surface area contributed by atoms with E-state index in [0.717, 1.165) is 5.71 Å². The summed E-state index contributed by atoms with van der Waals surface area (Å²) in [6, 6.07) is 1.69. The molecule has 0 aliphatic heterocycles. The number of halogens is 3. The number of rotatable bonds is 5. The zero-order valence-corrected chi connectivity index (χ0v) is 14.9. The maximum atomic E-state index is 12.3. The molecular formula is C15H23F3N2O3S. The summed E-state index contributed by atoms with van der Waals surface area (Å²) in [5.74, 6) is -1.51. The van der Waals surface area contributed by atoms with Crippen LogP contribution in [0.4, 0.5) is 13.2 Å². The van der Waals surface area contributed by atoms with E-state index >= 15 is 0 Å². The Bertz CT molecular complexity index is 591. The van der Waals surface area contributed by atoms with Crippen LogP contribution in [0.15, 0.2) is 5.16 Å². The Balaban J connectivity index is 2.68. The normalized spacial score (nSPS) is 21.0. The highest BCUT2D eigenvalue weighted by atomic mass is 32.2. The van der Waals surface area contributed by atoms with Crippen LogP contribution >= 0.6 is 0 Å². The molecule has 0 amide bonds. The third kappa shape index (κ3) is 7.07. The van der Waals surface area contributed by atoms with E-state index in [2.05, 4.69) is 5.16 Å². The third-order valence-corrected chi connectivity index (χ3v) is 5.71. The van der Waals surface area contributed by atoms with Crippen LogP contribution in [-0.2, 0) is 14.7 Å². The Morgan fingerprint density at radius 1 is 1.29 bits per heavy atom. The molecule has 0 aromatic rings. The minimum atomic E-state index is -4.55. The number of hydrogen-bond acceptors (Lipinski definition) is 5. The highest BCUT2D eigenvalue weighted by Gasteiger charge is 2.38. The van der Waals surface area contributed by atoms with E-state index in [1.165, 1.54) is 0 Å². The summed E-state index contributed by atoms with van der Waals surface area (Å²) in [6.07, 6.45) is -4.22. The molecule has 1 atom stereocenters. The van der Waals surface area contributed by atoms with Gasteiger partial charge in [-0.3, -0.25) is 0 Å². The van der Waals surface area contributed by atoms with E-state index in [-0.39, 0.29) is 0 Å². The van der Waals surface area contributed by atoms with Crippen molar-refractivity contribution in [2.24, 2.45) is 11.1 Å². The highest BCUT2D eigenvalue weighted by Crippen LogP contribution is 2.31. The minimum Gasteiger partial charge on any atom is -0.390 e. The molecule has 0 aromatic heterocycles. The van der Waals surface area contributed by atoms with E-state index < -0.39 is 45.0 Å². The van der Waals surface area contributed by atoms with Crippen LogP contribution in [0, 0.1) is 17.2 Å². The topological polar surface area (TPSA) is 79.5 Å². The fraction of sp³-hybridized carbons (Fsp3) is 0.867. The molecule has 1 aliphatic carbocycles. The van der Waals surface area contributed by atoms with Crippen LogP contribution in [0.1, 0.15) is 52.9 Å². The second-order valence-corrected chi connectivity index (χ2v) is 9.22. The van der Waals surface area contributed by atoms with Crippen LogP contribution in [0.3, 0.4) is 0 Å². The van der Waals surface area contributed by atoms with Gasteiger partial charge >= 0.3 is 6.18 Å². The van der Waals surface area contributed by atoms with Gasteiger partial charge in [-0.15, -0.1) is 0 Å². The van der Waals surface area contributed by atoms with Gasteiger partial charge in [-0.25, -0.2) is 8.42 Å². The molecule has 24 heavy (non-hydrogen) atoms. The van der Waals surface area contributed by atoms with Crippen LogP contribution in [0.5, 0.6) is 0 Å². The molecule has 0 radical (unpaired) electrons. The number of sulfone groups is 1. The first-order valence-electron chi connectivity index (χ1n) is 7.76. The number of oxime groups is 1. The van der Waals surface area contributed by atoms with Gasteiger partial charge in [0.15, 0.2) is 15.1 Å². The molecule has 1 rings (SSSR count). The average Bonchev–Trinajstić information content (AvgIpc) is 2.43. The summed E-state index contributed by atoms with van der Waals surface area (Å²) in [5.41, 5.74) is 0.352. The summed E-state index contributed by atoms with van der Waals surface area (Å²) in [4.78, 5) is 5.31. The number of nitrogens with zero attached hydrogens (tertiary/aromatic N) is 2. The number of nitriles is 1. The Hall–Kier alpha value is -1.30. The summed E-state index contributed by atoms with van der Waals surface area (Å²) < 4.78 is 60.9. The van der Waals surface area contributed by atoms with E-state index in [1.54, 1.807) is 6.07 Å². The summed E-state index contributed by atoms with van der Waals surface area (Å²) in [6.45, 7) is 5.55. The van der Waals surface area contributed by atoms with Gasteiger partial charge in [-0.1, -0.05) is 5.16 Å². The molecule has 0 bridgehead atoms. The van der Waals surface area contributed by atoms with Crippen molar-refractivity contribution in [3.05, 3.63) is 0 Å². The van der Waals surface area contributed by atoms with E-state index in [4.69, 9.17) is 10.1 Å². The second-order valence-electron chi connectivity index (χ2n) is 6.98. The molecule has 0 saturated heterocycles. The molecule has 1 unspecified atom stereocenters. The molecule has 0 N–H and O–H groups in total. The molecule has 0 heterocycles. The van der Waals surface area contributed by atoms with Gasteiger partial charge < -0.3 is 4.84 Å². The van der Waals surface area contributed by atoms with E-state index in [9.17, 15) is 21.6 Å². The molecule has 1 aliphatic rings.